The van der Waals surface area contributed by atoms with Gasteiger partial charge in [0.1, 0.15) is 0 Å². The number of benzene rings is 1. The molecule has 0 aliphatic heterocycles. The Balaban J connectivity index is -0.000000311. The average Bonchev–Trinajstić information content (AvgIpc) is 2.32. The fourth-order valence-corrected chi connectivity index (χ4v) is 1.17. The summed E-state index contributed by atoms with van der Waals surface area (Å²) in [6.45, 7) is 2.01. The Hall–Kier alpha value is -0.379. The van der Waals surface area contributed by atoms with E-state index >= 15 is 0 Å². The van der Waals surface area contributed by atoms with Crippen molar-refractivity contribution in [3.8, 4) is 0 Å². The maximum atomic E-state index is 9.75. The number of aryl methyl sites for hydroxylation is 1. The van der Waals surface area contributed by atoms with Crippen molar-refractivity contribution >= 4 is 84.1 Å². The first-order valence-electron chi connectivity index (χ1n) is 6.30. The molecular weight excluding hydrogens is 434 g/mol. The second-order valence-electron chi connectivity index (χ2n) is 4.13. The van der Waals surface area contributed by atoms with E-state index in [1.807, 2.05) is 31.2 Å². The van der Waals surface area contributed by atoms with Crippen molar-refractivity contribution in [2.75, 3.05) is 0 Å². The molecule has 1 aromatic carbocycles. The Morgan fingerprint density at radius 1 is 0.593 bits per heavy atom. The van der Waals surface area contributed by atoms with Gasteiger partial charge in [0.2, 0.25) is 0 Å². The van der Waals surface area contributed by atoms with E-state index in [0.717, 1.165) is 11.2 Å². The fraction of sp³-hybridized carbons (Fsp3) is 0.100. The minimum absolute atomic E-state index is 0. The van der Waals surface area contributed by atoms with Crippen molar-refractivity contribution in [3.63, 3.8) is 0 Å². The predicted octanol–water partition coefficient (Wildman–Crippen LogP) is 5.79. The molecule has 0 aliphatic carbocycles. The number of aromatic nitrogens is 1. The molecule has 0 spiro atoms. The molecule has 152 valence electrons. The van der Waals surface area contributed by atoms with Crippen molar-refractivity contribution in [1.29, 1.82) is 0 Å². The van der Waals surface area contributed by atoms with E-state index in [9.17, 15) is 51.8 Å². The number of halogens is 12. The van der Waals surface area contributed by atoms with Gasteiger partial charge in [-0.1, -0.05) is 24.3 Å². The molecule has 1 nitrogen and oxygen atoms in total. The summed E-state index contributed by atoms with van der Waals surface area (Å²) in [5, 5.41) is 1.21. The molecule has 0 unspecified atom stereocenters. The molecule has 1 aromatic heterocycles. The first kappa shape index (κ1) is 31.3. The number of hydrogen-bond donors (Lipinski definition) is 0. The van der Waals surface area contributed by atoms with Gasteiger partial charge >= 0.3 is 73.1 Å². The third-order valence-electron chi connectivity index (χ3n) is 1.74. The molecule has 17 heteroatoms. The van der Waals surface area contributed by atoms with Gasteiger partial charge in [-0.2, -0.15) is 0 Å². The topological polar surface area (TPSA) is 12.9 Å². The molecule has 27 heavy (non-hydrogen) atoms. The second kappa shape index (κ2) is 13.7. The van der Waals surface area contributed by atoms with Crippen LogP contribution < -0.4 is 0 Å². The van der Waals surface area contributed by atoms with Crippen LogP contribution in [0.15, 0.2) is 36.4 Å². The zero-order valence-electron chi connectivity index (χ0n) is 12.7. The predicted molar refractivity (Wildman–Crippen MR) is 84.2 cm³/mol. The van der Waals surface area contributed by atoms with Gasteiger partial charge in [0.25, 0.3) is 0 Å². The fourth-order valence-electron chi connectivity index (χ4n) is 1.17. The quantitative estimate of drug-likeness (QED) is 0.371. The average molecular weight is 444 g/mol. The summed E-state index contributed by atoms with van der Waals surface area (Å²) in [7, 11) is -18.0. The van der Waals surface area contributed by atoms with Crippen LogP contribution in [-0.4, -0.2) is 78.1 Å². The molecular formula is C10H10B3F12KN-3. The van der Waals surface area contributed by atoms with Crippen LogP contribution in [-0.2, 0) is 0 Å². The maximum absolute atomic E-state index is 9.75. The normalized spacial score (nSPS) is 10.9. The van der Waals surface area contributed by atoms with E-state index < -0.39 is 21.8 Å². The van der Waals surface area contributed by atoms with E-state index in [1.54, 1.807) is 0 Å². The first-order valence-corrected chi connectivity index (χ1v) is 6.30. The van der Waals surface area contributed by atoms with Gasteiger partial charge in [-0.25, -0.2) is 0 Å². The molecule has 2 aromatic rings. The number of pyridine rings is 1. The standard InChI is InChI=1S/C10H9N.3BF4.K.H/c1-8-6-7-9-4-2-3-5-10(9)11-8;3*2-1(3,4)5;;/h2-7H,1H3;;;;;/q;3*-1;;. The summed E-state index contributed by atoms with van der Waals surface area (Å²) in [6, 6.07) is 12.3. The Kier molecular flexibility index (Phi) is 15.9. The number of hydrogen-bond acceptors (Lipinski definition) is 1. The third-order valence-corrected chi connectivity index (χ3v) is 1.74. The van der Waals surface area contributed by atoms with Crippen LogP contribution in [0.1, 0.15) is 5.69 Å². The summed E-state index contributed by atoms with van der Waals surface area (Å²) >= 11 is 0. The van der Waals surface area contributed by atoms with Gasteiger partial charge in [-0.15, -0.1) is 0 Å². The zero-order chi connectivity index (χ0) is 21.2. The van der Waals surface area contributed by atoms with Crippen molar-refractivity contribution in [3.05, 3.63) is 42.1 Å². The zero-order valence-corrected chi connectivity index (χ0v) is 12.7. The summed E-state index contributed by atoms with van der Waals surface area (Å²) in [4.78, 5) is 4.38. The molecule has 0 saturated carbocycles. The molecule has 1 heterocycles. The van der Waals surface area contributed by atoms with Gasteiger partial charge in [0.15, 0.2) is 0 Å². The first-order chi connectivity index (χ1) is 11.4. The number of rotatable bonds is 0. The Morgan fingerprint density at radius 3 is 1.30 bits per heavy atom. The van der Waals surface area contributed by atoms with Crippen LogP contribution in [0, 0.1) is 6.92 Å². The Bertz CT molecular complexity index is 599. The van der Waals surface area contributed by atoms with E-state index in [4.69, 9.17) is 0 Å². The molecule has 0 saturated heterocycles. The van der Waals surface area contributed by atoms with Crippen LogP contribution in [0.5, 0.6) is 0 Å². The van der Waals surface area contributed by atoms with E-state index in [2.05, 4.69) is 17.1 Å². The third kappa shape index (κ3) is 37.1. The van der Waals surface area contributed by atoms with Gasteiger partial charge in [0.05, 0.1) is 5.52 Å². The molecule has 0 N–H and O–H groups in total. The van der Waals surface area contributed by atoms with E-state index in [0.29, 0.717) is 0 Å². The van der Waals surface area contributed by atoms with Crippen LogP contribution in [0.4, 0.5) is 51.8 Å². The van der Waals surface area contributed by atoms with Crippen LogP contribution in [0.25, 0.3) is 10.9 Å². The van der Waals surface area contributed by atoms with Crippen LogP contribution in [0.2, 0.25) is 0 Å². The molecule has 0 atom stereocenters. The number of fused-ring (bicyclic) bond motifs is 1. The molecule has 0 bridgehead atoms. The monoisotopic (exact) mass is 444 g/mol. The van der Waals surface area contributed by atoms with Crippen molar-refractivity contribution < 1.29 is 51.8 Å². The summed E-state index contributed by atoms with van der Waals surface area (Å²) in [5.74, 6) is 0. The number of nitrogens with zero attached hydrogens (tertiary/aromatic N) is 1. The summed E-state index contributed by atoms with van der Waals surface area (Å²) < 4.78 is 117. The van der Waals surface area contributed by atoms with Gasteiger partial charge < -0.3 is 51.8 Å². The van der Waals surface area contributed by atoms with E-state index in [1.165, 1.54) is 5.39 Å². The van der Waals surface area contributed by atoms with Crippen LogP contribution in [0.3, 0.4) is 0 Å². The Morgan fingerprint density at radius 2 is 0.926 bits per heavy atom. The van der Waals surface area contributed by atoms with Crippen molar-refractivity contribution in [1.82, 2.24) is 4.98 Å². The second-order valence-corrected chi connectivity index (χ2v) is 4.13. The Labute approximate surface area is 188 Å². The number of para-hydroxylation sites is 1. The molecule has 0 radical (unpaired) electrons. The molecule has 0 aliphatic rings. The molecule has 0 fully saturated rings. The van der Waals surface area contributed by atoms with Crippen molar-refractivity contribution in [2.45, 2.75) is 6.92 Å². The van der Waals surface area contributed by atoms with Crippen LogP contribution >= 0.6 is 0 Å². The van der Waals surface area contributed by atoms with Gasteiger partial charge in [-0.3, -0.25) is 4.98 Å². The summed E-state index contributed by atoms with van der Waals surface area (Å²) in [6.07, 6.45) is 0. The summed E-state index contributed by atoms with van der Waals surface area (Å²) in [5.41, 5.74) is 2.15. The van der Waals surface area contributed by atoms with Gasteiger partial charge in [-0.05, 0) is 19.1 Å². The van der Waals surface area contributed by atoms with Gasteiger partial charge in [0, 0.05) is 11.1 Å². The van der Waals surface area contributed by atoms with Crippen molar-refractivity contribution in [2.24, 2.45) is 0 Å². The SMILES string of the molecule is Cc1ccc2ccccc2n1.F[B-](F)(F)F.F[B-](F)(F)F.F[B-](F)(F)F.[KH]. The molecule has 0 amide bonds. The molecule has 2 rings (SSSR count). The van der Waals surface area contributed by atoms with E-state index in [-0.39, 0.29) is 51.4 Å². The minimum atomic E-state index is -6.00.